The fourth-order valence-corrected chi connectivity index (χ4v) is 4.36. The third-order valence-electron chi connectivity index (χ3n) is 6.03. The largest absolute Gasteiger partial charge is 0.497 e. The van der Waals surface area contributed by atoms with Crippen molar-refractivity contribution in [3.05, 3.63) is 47.9 Å². The molecule has 2 aliphatic heterocycles. The molecule has 0 N–H and O–H groups in total. The molecule has 2 saturated heterocycles. The molecule has 30 heavy (non-hydrogen) atoms. The maximum Gasteiger partial charge on any atom is 0.289 e. The molecule has 6 nitrogen and oxygen atoms in total. The minimum Gasteiger partial charge on any atom is -0.497 e. The van der Waals surface area contributed by atoms with Gasteiger partial charge in [-0.1, -0.05) is 12.5 Å². The van der Waals surface area contributed by atoms with Crippen molar-refractivity contribution < 1.29 is 18.7 Å². The van der Waals surface area contributed by atoms with Gasteiger partial charge in [-0.2, -0.15) is 0 Å². The van der Waals surface area contributed by atoms with Crippen LogP contribution >= 0.6 is 0 Å². The molecule has 162 valence electrons. The van der Waals surface area contributed by atoms with Crippen molar-refractivity contribution in [2.24, 2.45) is 5.92 Å². The number of nitrogens with zero attached hydrogens (tertiary/aromatic N) is 2. The number of likely N-dealkylation sites (tertiary alicyclic amines) is 2. The fourth-order valence-electron chi connectivity index (χ4n) is 4.36. The first-order valence-corrected chi connectivity index (χ1v) is 11.1. The SMILES string of the molecule is COc1cccc(OCC2CCCN(C(=O)c3ccc(CN4CCCCC4)o3)C2)c1. The molecule has 4 rings (SSSR count). The third-order valence-corrected chi connectivity index (χ3v) is 6.03. The highest BCUT2D eigenvalue weighted by Gasteiger charge is 2.27. The van der Waals surface area contributed by atoms with Gasteiger partial charge in [0.1, 0.15) is 17.3 Å². The van der Waals surface area contributed by atoms with Gasteiger partial charge < -0.3 is 18.8 Å². The van der Waals surface area contributed by atoms with Crippen LogP contribution in [0.5, 0.6) is 11.5 Å². The summed E-state index contributed by atoms with van der Waals surface area (Å²) in [5.74, 6) is 3.23. The number of furan rings is 1. The molecule has 0 spiro atoms. The van der Waals surface area contributed by atoms with Gasteiger partial charge in [0, 0.05) is 25.1 Å². The number of amides is 1. The molecule has 2 fully saturated rings. The van der Waals surface area contributed by atoms with E-state index in [4.69, 9.17) is 13.9 Å². The molecule has 1 unspecified atom stereocenters. The van der Waals surface area contributed by atoms with Gasteiger partial charge in [-0.15, -0.1) is 0 Å². The van der Waals surface area contributed by atoms with Gasteiger partial charge in [0.05, 0.1) is 20.3 Å². The molecule has 0 radical (unpaired) electrons. The number of rotatable bonds is 7. The predicted molar refractivity (Wildman–Crippen MR) is 115 cm³/mol. The number of benzene rings is 1. The van der Waals surface area contributed by atoms with Crippen LogP contribution in [0.25, 0.3) is 0 Å². The Morgan fingerprint density at radius 3 is 2.73 bits per heavy atom. The van der Waals surface area contributed by atoms with Gasteiger partial charge in [-0.3, -0.25) is 9.69 Å². The van der Waals surface area contributed by atoms with Crippen LogP contribution in [-0.2, 0) is 6.54 Å². The van der Waals surface area contributed by atoms with Gasteiger partial charge in [-0.05, 0) is 63.0 Å². The molecule has 3 heterocycles. The smallest absolute Gasteiger partial charge is 0.289 e. The summed E-state index contributed by atoms with van der Waals surface area (Å²) in [4.78, 5) is 17.3. The molecule has 1 aromatic heterocycles. The molecule has 6 heteroatoms. The number of carbonyl (C=O) groups excluding carboxylic acids is 1. The van der Waals surface area contributed by atoms with Crippen molar-refractivity contribution in [1.29, 1.82) is 0 Å². The zero-order valence-corrected chi connectivity index (χ0v) is 17.8. The van der Waals surface area contributed by atoms with Crippen LogP contribution < -0.4 is 9.47 Å². The first-order valence-electron chi connectivity index (χ1n) is 11.1. The van der Waals surface area contributed by atoms with E-state index in [1.165, 1.54) is 19.3 Å². The number of hydrogen-bond acceptors (Lipinski definition) is 5. The van der Waals surface area contributed by atoms with Gasteiger partial charge in [0.2, 0.25) is 0 Å². The lowest BCUT2D eigenvalue weighted by atomic mass is 9.99. The normalized spacial score (nSPS) is 20.2. The molecule has 0 bridgehead atoms. The number of carbonyl (C=O) groups is 1. The minimum atomic E-state index is -0.00836. The lowest BCUT2D eigenvalue weighted by Crippen LogP contribution is -2.41. The Morgan fingerprint density at radius 1 is 1.07 bits per heavy atom. The standard InChI is InChI=1S/C24H32N2O4/c1-28-20-8-5-9-21(15-20)29-18-19-7-6-14-26(16-19)24(27)23-11-10-22(30-23)17-25-12-3-2-4-13-25/h5,8-11,15,19H,2-4,6-7,12-14,16-18H2,1H3. The van der Waals surface area contributed by atoms with Crippen molar-refractivity contribution in [3.63, 3.8) is 0 Å². The summed E-state index contributed by atoms with van der Waals surface area (Å²) >= 11 is 0. The van der Waals surface area contributed by atoms with Crippen LogP contribution in [-0.4, -0.2) is 55.6 Å². The van der Waals surface area contributed by atoms with Crippen LogP contribution in [0, 0.1) is 5.92 Å². The third kappa shape index (κ3) is 5.36. The first kappa shape index (κ1) is 20.8. The Kier molecular flexibility index (Phi) is 6.95. The van der Waals surface area contributed by atoms with Gasteiger partial charge in [-0.25, -0.2) is 0 Å². The van der Waals surface area contributed by atoms with E-state index in [2.05, 4.69) is 4.90 Å². The molecule has 0 saturated carbocycles. The number of hydrogen-bond donors (Lipinski definition) is 0. The summed E-state index contributed by atoms with van der Waals surface area (Å²) in [7, 11) is 1.65. The summed E-state index contributed by atoms with van der Waals surface area (Å²) in [6, 6.07) is 11.4. The quantitative estimate of drug-likeness (QED) is 0.682. The lowest BCUT2D eigenvalue weighted by molar-refractivity contribution is 0.0598. The van der Waals surface area contributed by atoms with Crippen LogP contribution in [0.4, 0.5) is 0 Å². The van der Waals surface area contributed by atoms with Crippen LogP contribution in [0.2, 0.25) is 0 Å². The predicted octanol–water partition coefficient (Wildman–Crippen LogP) is 4.21. The summed E-state index contributed by atoms with van der Waals surface area (Å²) in [5, 5.41) is 0. The fraction of sp³-hybridized carbons (Fsp3) is 0.542. The Hall–Kier alpha value is -2.47. The molecule has 1 aromatic carbocycles. The number of piperidine rings is 2. The van der Waals surface area contributed by atoms with E-state index in [9.17, 15) is 4.79 Å². The average Bonchev–Trinajstić information content (AvgIpc) is 3.26. The van der Waals surface area contributed by atoms with E-state index >= 15 is 0 Å². The Labute approximate surface area is 178 Å². The zero-order chi connectivity index (χ0) is 20.8. The van der Waals surface area contributed by atoms with Crippen molar-refractivity contribution in [2.45, 2.75) is 38.6 Å². The molecule has 1 atom stereocenters. The minimum absolute atomic E-state index is 0.00836. The number of ether oxygens (including phenoxy) is 2. The van der Waals surface area contributed by atoms with Crippen LogP contribution in [0.1, 0.15) is 48.4 Å². The van der Waals surface area contributed by atoms with E-state index in [0.717, 1.165) is 56.3 Å². The van der Waals surface area contributed by atoms with Crippen molar-refractivity contribution in [1.82, 2.24) is 9.80 Å². The average molecular weight is 413 g/mol. The van der Waals surface area contributed by atoms with E-state index in [0.29, 0.717) is 24.8 Å². The van der Waals surface area contributed by atoms with E-state index in [1.54, 1.807) is 7.11 Å². The van der Waals surface area contributed by atoms with Crippen molar-refractivity contribution in [3.8, 4) is 11.5 Å². The topological polar surface area (TPSA) is 55.2 Å². The van der Waals surface area contributed by atoms with E-state index in [-0.39, 0.29) is 5.91 Å². The van der Waals surface area contributed by atoms with Crippen molar-refractivity contribution >= 4 is 5.91 Å². The van der Waals surface area contributed by atoms with Gasteiger partial charge in [0.15, 0.2) is 5.76 Å². The lowest BCUT2D eigenvalue weighted by Gasteiger charge is -2.32. The molecular formula is C24H32N2O4. The highest BCUT2D eigenvalue weighted by Crippen LogP contribution is 2.24. The van der Waals surface area contributed by atoms with Crippen LogP contribution in [0.15, 0.2) is 40.8 Å². The van der Waals surface area contributed by atoms with E-state index < -0.39 is 0 Å². The highest BCUT2D eigenvalue weighted by molar-refractivity contribution is 5.91. The van der Waals surface area contributed by atoms with Crippen molar-refractivity contribution in [2.75, 3.05) is 39.9 Å². The molecule has 1 amide bonds. The molecule has 2 aromatic rings. The Balaban J connectivity index is 1.29. The van der Waals surface area contributed by atoms with Crippen LogP contribution in [0.3, 0.4) is 0 Å². The highest BCUT2D eigenvalue weighted by atomic mass is 16.5. The van der Waals surface area contributed by atoms with E-state index in [1.807, 2.05) is 41.3 Å². The maximum atomic E-state index is 13.0. The Morgan fingerprint density at radius 2 is 1.90 bits per heavy atom. The zero-order valence-electron chi connectivity index (χ0n) is 17.8. The number of methoxy groups -OCH3 is 1. The second kappa shape index (κ2) is 10.0. The maximum absolute atomic E-state index is 13.0. The second-order valence-electron chi connectivity index (χ2n) is 8.35. The molecule has 2 aliphatic rings. The first-order chi connectivity index (χ1) is 14.7. The Bertz CT molecular complexity index is 828. The monoisotopic (exact) mass is 412 g/mol. The summed E-state index contributed by atoms with van der Waals surface area (Å²) < 4.78 is 17.1. The van der Waals surface area contributed by atoms with Gasteiger partial charge >= 0.3 is 0 Å². The molecule has 0 aliphatic carbocycles. The summed E-state index contributed by atoms with van der Waals surface area (Å²) in [5.41, 5.74) is 0. The summed E-state index contributed by atoms with van der Waals surface area (Å²) in [6.07, 6.45) is 5.86. The molecular weight excluding hydrogens is 380 g/mol. The summed E-state index contributed by atoms with van der Waals surface area (Å²) in [6.45, 7) is 5.09. The second-order valence-corrected chi connectivity index (χ2v) is 8.35. The van der Waals surface area contributed by atoms with Gasteiger partial charge in [0.25, 0.3) is 5.91 Å².